The van der Waals surface area contributed by atoms with E-state index in [1.807, 2.05) is 30.5 Å². The van der Waals surface area contributed by atoms with Crippen LogP contribution in [0.3, 0.4) is 0 Å². The highest BCUT2D eigenvalue weighted by Gasteiger charge is 2.19. The molecular weight excluding hydrogens is 234 g/mol. The average molecular weight is 249 g/mol. The summed E-state index contributed by atoms with van der Waals surface area (Å²) in [6, 6.07) is 10.4. The Morgan fingerprint density at radius 1 is 1.37 bits per heavy atom. The van der Waals surface area contributed by atoms with Gasteiger partial charge in [0.2, 0.25) is 0 Å². The number of fused-ring (bicyclic) bond motifs is 1. The van der Waals surface area contributed by atoms with Gasteiger partial charge in [0.05, 0.1) is 17.1 Å². The zero-order valence-electron chi connectivity index (χ0n) is 10.8. The first kappa shape index (κ1) is 11.7. The number of nitriles is 1. The quantitative estimate of drug-likeness (QED) is 0.843. The van der Waals surface area contributed by atoms with Crippen molar-refractivity contribution in [3.63, 3.8) is 0 Å². The van der Waals surface area contributed by atoms with Crippen LogP contribution in [0.1, 0.15) is 30.5 Å². The van der Waals surface area contributed by atoms with Crippen LogP contribution in [0.5, 0.6) is 0 Å². The van der Waals surface area contributed by atoms with Crippen molar-refractivity contribution in [3.05, 3.63) is 53.9 Å². The van der Waals surface area contributed by atoms with Crippen LogP contribution >= 0.6 is 0 Å². The Balaban J connectivity index is 2.15. The molecule has 0 bridgehead atoms. The van der Waals surface area contributed by atoms with Gasteiger partial charge >= 0.3 is 0 Å². The largest absolute Gasteiger partial charge is 0.384 e. The Labute approximate surface area is 112 Å². The second kappa shape index (κ2) is 4.74. The summed E-state index contributed by atoms with van der Waals surface area (Å²) in [6.45, 7) is 2.22. The molecule has 3 rings (SSSR count). The van der Waals surface area contributed by atoms with E-state index < -0.39 is 0 Å². The Bertz CT molecular complexity index is 682. The topological polar surface area (TPSA) is 48.7 Å². The van der Waals surface area contributed by atoms with E-state index >= 15 is 0 Å². The summed E-state index contributed by atoms with van der Waals surface area (Å²) in [6.07, 6.45) is 7.01. The predicted octanol–water partition coefficient (Wildman–Crippen LogP) is 3.29. The molecule has 3 nitrogen and oxygen atoms in total. The molecule has 94 valence electrons. The van der Waals surface area contributed by atoms with Gasteiger partial charge in [0.1, 0.15) is 6.07 Å². The summed E-state index contributed by atoms with van der Waals surface area (Å²) in [7, 11) is 0. The van der Waals surface area contributed by atoms with Crippen molar-refractivity contribution in [1.82, 2.24) is 10.3 Å². The van der Waals surface area contributed by atoms with Crippen LogP contribution in [0.4, 0.5) is 0 Å². The molecule has 0 saturated heterocycles. The van der Waals surface area contributed by atoms with E-state index in [1.54, 1.807) is 6.20 Å². The number of nitrogens with one attached hydrogen (secondary N) is 1. The fourth-order valence-corrected chi connectivity index (χ4v) is 2.66. The lowest BCUT2D eigenvalue weighted by molar-refractivity contribution is 0.474. The van der Waals surface area contributed by atoms with Crippen LogP contribution in [0.15, 0.2) is 42.7 Å². The molecule has 3 heteroatoms. The highest BCUT2D eigenvalue weighted by atomic mass is 14.9. The molecular formula is C16H15N3. The number of benzene rings is 1. The van der Waals surface area contributed by atoms with Crippen LogP contribution in [0.25, 0.3) is 10.9 Å². The van der Waals surface area contributed by atoms with Crippen molar-refractivity contribution in [2.45, 2.75) is 19.4 Å². The summed E-state index contributed by atoms with van der Waals surface area (Å²) in [5.41, 5.74) is 2.66. The Morgan fingerprint density at radius 2 is 2.26 bits per heavy atom. The maximum Gasteiger partial charge on any atom is 0.101 e. The van der Waals surface area contributed by atoms with Gasteiger partial charge in [0.15, 0.2) is 0 Å². The molecule has 2 aromatic rings. The molecule has 1 unspecified atom stereocenters. The normalized spacial score (nSPS) is 21.9. The molecule has 0 spiro atoms. The van der Waals surface area contributed by atoms with Gasteiger partial charge in [-0.3, -0.25) is 4.98 Å². The molecule has 1 aromatic heterocycles. The van der Waals surface area contributed by atoms with Gasteiger partial charge in [0, 0.05) is 11.6 Å². The maximum absolute atomic E-state index is 9.16. The van der Waals surface area contributed by atoms with E-state index in [-0.39, 0.29) is 0 Å². The fourth-order valence-electron chi connectivity index (χ4n) is 2.66. The van der Waals surface area contributed by atoms with E-state index in [0.29, 0.717) is 17.5 Å². The van der Waals surface area contributed by atoms with Crippen molar-refractivity contribution in [1.29, 1.82) is 5.26 Å². The van der Waals surface area contributed by atoms with Crippen molar-refractivity contribution in [2.75, 3.05) is 0 Å². The molecule has 1 aliphatic heterocycles. The minimum atomic E-state index is 0.291. The van der Waals surface area contributed by atoms with E-state index in [1.165, 1.54) is 5.56 Å². The lowest BCUT2D eigenvalue weighted by atomic mass is 9.90. The van der Waals surface area contributed by atoms with Crippen molar-refractivity contribution >= 4 is 10.9 Å². The van der Waals surface area contributed by atoms with Gasteiger partial charge in [0.25, 0.3) is 0 Å². The third-order valence-electron chi connectivity index (χ3n) is 3.63. The number of aromatic nitrogens is 1. The highest BCUT2D eigenvalue weighted by molar-refractivity contribution is 5.87. The molecule has 2 atom stereocenters. The minimum Gasteiger partial charge on any atom is -0.384 e. The molecule has 0 saturated carbocycles. The number of allylic oxidation sites excluding steroid dienone is 1. The lowest BCUT2D eigenvalue weighted by Crippen LogP contribution is -2.22. The number of hydrogen-bond donors (Lipinski definition) is 1. The number of rotatable bonds is 1. The van der Waals surface area contributed by atoms with Crippen LogP contribution in [-0.4, -0.2) is 4.98 Å². The maximum atomic E-state index is 9.16. The number of nitrogens with zero attached hydrogens (tertiary/aromatic N) is 2. The van der Waals surface area contributed by atoms with E-state index in [4.69, 9.17) is 5.26 Å². The summed E-state index contributed by atoms with van der Waals surface area (Å²) in [5, 5.41) is 13.6. The third kappa shape index (κ3) is 2.06. The standard InChI is InChI=1S/C16H15N3/c1-11-6-8-18-15(9-11)13-5-4-12(10-17)16-14(13)3-2-7-19-16/h2-8,11,15,18H,9H2,1H3/t11?,15-/m1/s1. The highest BCUT2D eigenvalue weighted by Crippen LogP contribution is 2.31. The molecule has 0 radical (unpaired) electrons. The van der Waals surface area contributed by atoms with Gasteiger partial charge in [-0.25, -0.2) is 0 Å². The zero-order valence-corrected chi connectivity index (χ0v) is 10.8. The van der Waals surface area contributed by atoms with E-state index in [0.717, 1.165) is 17.3 Å². The SMILES string of the molecule is CC1C=CN[C@@H](c2ccc(C#N)c3ncccc23)C1. The van der Waals surface area contributed by atoms with Crippen LogP contribution in [0, 0.1) is 17.2 Å². The monoisotopic (exact) mass is 249 g/mol. The van der Waals surface area contributed by atoms with Crippen molar-refractivity contribution in [2.24, 2.45) is 5.92 Å². The molecule has 2 heterocycles. The van der Waals surface area contributed by atoms with Gasteiger partial charge in [-0.1, -0.05) is 25.1 Å². The first-order chi connectivity index (χ1) is 9.29. The second-order valence-electron chi connectivity index (χ2n) is 5.01. The zero-order chi connectivity index (χ0) is 13.2. The van der Waals surface area contributed by atoms with Gasteiger partial charge in [-0.05, 0) is 36.2 Å². The lowest BCUT2D eigenvalue weighted by Gasteiger charge is -2.25. The molecule has 1 aliphatic rings. The van der Waals surface area contributed by atoms with Crippen molar-refractivity contribution < 1.29 is 0 Å². The summed E-state index contributed by atoms with van der Waals surface area (Å²) in [4.78, 5) is 4.36. The van der Waals surface area contributed by atoms with E-state index in [9.17, 15) is 0 Å². The summed E-state index contributed by atoms with van der Waals surface area (Å²) >= 11 is 0. The van der Waals surface area contributed by atoms with Crippen molar-refractivity contribution in [3.8, 4) is 6.07 Å². The molecule has 0 amide bonds. The first-order valence-electron chi connectivity index (χ1n) is 6.50. The second-order valence-corrected chi connectivity index (χ2v) is 5.01. The fraction of sp³-hybridized carbons (Fsp3) is 0.250. The molecule has 1 aromatic carbocycles. The number of pyridine rings is 1. The Morgan fingerprint density at radius 3 is 3.05 bits per heavy atom. The molecule has 0 fully saturated rings. The third-order valence-corrected chi connectivity index (χ3v) is 3.63. The number of hydrogen-bond acceptors (Lipinski definition) is 3. The summed E-state index contributed by atoms with van der Waals surface area (Å²) in [5.74, 6) is 0.564. The molecule has 1 N–H and O–H groups in total. The Kier molecular flexibility index (Phi) is 2.92. The van der Waals surface area contributed by atoms with Gasteiger partial charge < -0.3 is 5.32 Å². The summed E-state index contributed by atoms with van der Waals surface area (Å²) < 4.78 is 0. The first-order valence-corrected chi connectivity index (χ1v) is 6.50. The predicted molar refractivity (Wildman–Crippen MR) is 75.3 cm³/mol. The molecule has 0 aliphatic carbocycles. The van der Waals surface area contributed by atoms with Gasteiger partial charge in [-0.2, -0.15) is 5.26 Å². The van der Waals surface area contributed by atoms with Crippen LogP contribution < -0.4 is 5.32 Å². The van der Waals surface area contributed by atoms with E-state index in [2.05, 4.69) is 29.4 Å². The van der Waals surface area contributed by atoms with Gasteiger partial charge in [-0.15, -0.1) is 0 Å². The Hall–Kier alpha value is -2.34. The smallest absolute Gasteiger partial charge is 0.101 e. The van der Waals surface area contributed by atoms with Crippen LogP contribution in [0.2, 0.25) is 0 Å². The molecule has 19 heavy (non-hydrogen) atoms. The average Bonchev–Trinajstić information content (AvgIpc) is 2.46. The minimum absolute atomic E-state index is 0.291. The van der Waals surface area contributed by atoms with Crippen LogP contribution in [-0.2, 0) is 0 Å².